The molecule has 0 aliphatic carbocycles. The maximum atomic E-state index is 10.7. The van der Waals surface area contributed by atoms with Gasteiger partial charge < -0.3 is 11.1 Å². The first-order valence-corrected chi connectivity index (χ1v) is 3.70. The van der Waals surface area contributed by atoms with Gasteiger partial charge in [0.15, 0.2) is 0 Å². The minimum Gasteiger partial charge on any atom is -0.397 e. The monoisotopic (exact) mass is 175 g/mol. The third-order valence-electron chi connectivity index (χ3n) is 1.49. The summed E-state index contributed by atoms with van der Waals surface area (Å²) in [6.45, 7) is 1.40. The second-order valence-corrected chi connectivity index (χ2v) is 2.60. The highest BCUT2D eigenvalue weighted by Gasteiger charge is 2.01. The molecule has 0 radical (unpaired) electrons. The second kappa shape index (κ2) is 3.59. The van der Waals surface area contributed by atoms with Gasteiger partial charge in [0, 0.05) is 6.92 Å². The van der Waals surface area contributed by atoms with Crippen molar-refractivity contribution in [2.75, 3.05) is 11.1 Å². The third-order valence-corrected chi connectivity index (χ3v) is 1.49. The molecule has 0 heterocycles. The van der Waals surface area contributed by atoms with Gasteiger partial charge in [-0.05, 0) is 18.2 Å². The van der Waals surface area contributed by atoms with Crippen molar-refractivity contribution >= 4 is 17.3 Å². The minimum absolute atomic E-state index is 0.184. The number of nitrogens with zero attached hydrogens (tertiary/aromatic N) is 1. The van der Waals surface area contributed by atoms with Crippen LogP contribution in [0.1, 0.15) is 12.5 Å². The quantitative estimate of drug-likeness (QED) is 0.627. The molecule has 1 aromatic carbocycles. The molecule has 0 fully saturated rings. The smallest absolute Gasteiger partial charge is 0.221 e. The van der Waals surface area contributed by atoms with Crippen LogP contribution in [-0.4, -0.2) is 5.91 Å². The molecule has 0 unspecified atom stereocenters. The van der Waals surface area contributed by atoms with Crippen molar-refractivity contribution in [2.24, 2.45) is 0 Å². The lowest BCUT2D eigenvalue weighted by atomic mass is 10.2. The molecule has 0 saturated carbocycles. The number of nitrogens with two attached hydrogens (primary N) is 1. The molecule has 1 amide bonds. The number of benzene rings is 1. The first kappa shape index (κ1) is 9.07. The molecule has 4 heteroatoms. The summed E-state index contributed by atoms with van der Waals surface area (Å²) in [6.07, 6.45) is 0. The van der Waals surface area contributed by atoms with Gasteiger partial charge in [0.25, 0.3) is 0 Å². The van der Waals surface area contributed by atoms with Crippen molar-refractivity contribution in [1.82, 2.24) is 0 Å². The molecule has 0 spiro atoms. The van der Waals surface area contributed by atoms with Crippen LogP contribution in [0.15, 0.2) is 18.2 Å². The maximum Gasteiger partial charge on any atom is 0.221 e. The SMILES string of the molecule is CC(=O)Nc1ccc(C#N)cc1N. The van der Waals surface area contributed by atoms with E-state index >= 15 is 0 Å². The zero-order valence-corrected chi connectivity index (χ0v) is 7.16. The molecule has 0 aromatic heterocycles. The molecule has 0 aliphatic rings. The number of amides is 1. The Hall–Kier alpha value is -2.02. The zero-order chi connectivity index (χ0) is 9.84. The highest BCUT2D eigenvalue weighted by atomic mass is 16.1. The normalized spacial score (nSPS) is 8.92. The molecule has 0 saturated heterocycles. The fraction of sp³-hybridized carbons (Fsp3) is 0.111. The van der Waals surface area contributed by atoms with Gasteiger partial charge >= 0.3 is 0 Å². The van der Waals surface area contributed by atoms with Gasteiger partial charge in [0.1, 0.15) is 0 Å². The van der Waals surface area contributed by atoms with Gasteiger partial charge in [-0.1, -0.05) is 0 Å². The number of hydrogen-bond acceptors (Lipinski definition) is 3. The fourth-order valence-corrected chi connectivity index (χ4v) is 0.936. The highest BCUT2D eigenvalue weighted by Crippen LogP contribution is 2.18. The Morgan fingerprint density at radius 3 is 2.77 bits per heavy atom. The summed E-state index contributed by atoms with van der Waals surface area (Å²) in [7, 11) is 0. The Bertz CT molecular complexity index is 379. The molecule has 1 aromatic rings. The number of nitrogen functional groups attached to an aromatic ring is 1. The lowest BCUT2D eigenvalue weighted by Gasteiger charge is -2.05. The highest BCUT2D eigenvalue weighted by molar-refractivity contribution is 5.92. The maximum absolute atomic E-state index is 10.7. The Morgan fingerprint density at radius 1 is 1.62 bits per heavy atom. The molecule has 13 heavy (non-hydrogen) atoms. The molecular weight excluding hydrogens is 166 g/mol. The number of nitrogens with one attached hydrogen (secondary N) is 1. The predicted octanol–water partition coefficient (Wildman–Crippen LogP) is 1.10. The molecule has 3 N–H and O–H groups in total. The average Bonchev–Trinajstić information content (AvgIpc) is 2.08. The first-order valence-electron chi connectivity index (χ1n) is 3.70. The van der Waals surface area contributed by atoms with E-state index in [0.29, 0.717) is 16.9 Å². The van der Waals surface area contributed by atoms with Crippen LogP contribution in [-0.2, 0) is 4.79 Å². The number of nitriles is 1. The van der Waals surface area contributed by atoms with E-state index in [0.717, 1.165) is 0 Å². The third kappa shape index (κ3) is 2.20. The standard InChI is InChI=1S/C9H9N3O/c1-6(13)12-9-3-2-7(5-10)4-8(9)11/h2-4H,11H2,1H3,(H,12,13). The molecule has 0 bridgehead atoms. The van der Waals surface area contributed by atoms with Gasteiger partial charge in [-0.2, -0.15) is 5.26 Å². The van der Waals surface area contributed by atoms with Gasteiger partial charge in [-0.15, -0.1) is 0 Å². The Kier molecular flexibility index (Phi) is 2.50. The van der Waals surface area contributed by atoms with Gasteiger partial charge in [0.05, 0.1) is 23.0 Å². The number of carbonyl (C=O) groups excluding carboxylic acids is 1. The number of rotatable bonds is 1. The van der Waals surface area contributed by atoms with Gasteiger partial charge in [-0.25, -0.2) is 0 Å². The molecular formula is C9H9N3O. The summed E-state index contributed by atoms with van der Waals surface area (Å²) >= 11 is 0. The molecule has 66 valence electrons. The Balaban J connectivity index is 3.00. The number of hydrogen-bond donors (Lipinski definition) is 2. The van der Waals surface area contributed by atoms with Crippen molar-refractivity contribution in [3.63, 3.8) is 0 Å². The summed E-state index contributed by atoms with van der Waals surface area (Å²) in [5.74, 6) is -0.184. The van der Waals surface area contributed by atoms with Crippen LogP contribution in [0, 0.1) is 11.3 Å². The van der Waals surface area contributed by atoms with Crippen LogP contribution in [0.25, 0.3) is 0 Å². The van der Waals surface area contributed by atoms with Crippen LogP contribution >= 0.6 is 0 Å². The summed E-state index contributed by atoms with van der Waals surface area (Å²) in [5.41, 5.74) is 6.99. The van der Waals surface area contributed by atoms with E-state index in [1.165, 1.54) is 13.0 Å². The Labute approximate surface area is 76.0 Å². The summed E-state index contributed by atoms with van der Waals surface area (Å²) < 4.78 is 0. The molecule has 4 nitrogen and oxygen atoms in total. The van der Waals surface area contributed by atoms with E-state index in [1.54, 1.807) is 12.1 Å². The fourth-order valence-electron chi connectivity index (χ4n) is 0.936. The van der Waals surface area contributed by atoms with Crippen LogP contribution in [0.5, 0.6) is 0 Å². The zero-order valence-electron chi connectivity index (χ0n) is 7.16. The van der Waals surface area contributed by atoms with E-state index in [9.17, 15) is 4.79 Å². The molecule has 1 rings (SSSR count). The summed E-state index contributed by atoms with van der Waals surface area (Å²) in [4.78, 5) is 10.7. The van der Waals surface area contributed by atoms with Crippen LogP contribution in [0.2, 0.25) is 0 Å². The minimum atomic E-state index is -0.184. The van der Waals surface area contributed by atoms with Gasteiger partial charge in [0.2, 0.25) is 5.91 Å². The molecule has 0 aliphatic heterocycles. The first-order chi connectivity index (χ1) is 6.13. The van der Waals surface area contributed by atoms with Crippen molar-refractivity contribution in [1.29, 1.82) is 5.26 Å². The second-order valence-electron chi connectivity index (χ2n) is 2.60. The number of anilines is 2. The van der Waals surface area contributed by atoms with Crippen molar-refractivity contribution in [3.8, 4) is 6.07 Å². The van der Waals surface area contributed by atoms with Crippen molar-refractivity contribution < 1.29 is 4.79 Å². The van der Waals surface area contributed by atoms with Gasteiger partial charge in [-0.3, -0.25) is 4.79 Å². The van der Waals surface area contributed by atoms with Crippen molar-refractivity contribution in [3.05, 3.63) is 23.8 Å². The van der Waals surface area contributed by atoms with E-state index in [4.69, 9.17) is 11.0 Å². The predicted molar refractivity (Wildman–Crippen MR) is 49.9 cm³/mol. The van der Waals surface area contributed by atoms with Crippen LogP contribution < -0.4 is 11.1 Å². The average molecular weight is 175 g/mol. The molecule has 0 atom stereocenters. The van der Waals surface area contributed by atoms with Crippen molar-refractivity contribution in [2.45, 2.75) is 6.92 Å². The van der Waals surface area contributed by atoms with E-state index in [1.807, 2.05) is 6.07 Å². The topological polar surface area (TPSA) is 78.9 Å². The van der Waals surface area contributed by atoms with E-state index < -0.39 is 0 Å². The Morgan fingerprint density at radius 2 is 2.31 bits per heavy atom. The largest absolute Gasteiger partial charge is 0.397 e. The lowest BCUT2D eigenvalue weighted by Crippen LogP contribution is -2.07. The summed E-state index contributed by atoms with van der Waals surface area (Å²) in [5, 5.41) is 11.1. The van der Waals surface area contributed by atoms with E-state index in [2.05, 4.69) is 5.32 Å². The van der Waals surface area contributed by atoms with Crippen LogP contribution in [0.3, 0.4) is 0 Å². The summed E-state index contributed by atoms with van der Waals surface area (Å²) in [6, 6.07) is 6.68. The van der Waals surface area contributed by atoms with Crippen LogP contribution in [0.4, 0.5) is 11.4 Å². The van der Waals surface area contributed by atoms with E-state index in [-0.39, 0.29) is 5.91 Å². The lowest BCUT2D eigenvalue weighted by molar-refractivity contribution is -0.114. The number of carbonyl (C=O) groups is 1.